The van der Waals surface area contributed by atoms with Gasteiger partial charge in [-0.2, -0.15) is 0 Å². The Hall–Kier alpha value is -2.12. The molecule has 1 saturated heterocycles. The zero-order chi connectivity index (χ0) is 18.2. The van der Waals surface area contributed by atoms with Gasteiger partial charge in [-0.25, -0.2) is 4.79 Å². The fourth-order valence-corrected chi connectivity index (χ4v) is 3.16. The van der Waals surface area contributed by atoms with E-state index in [9.17, 15) is 9.59 Å². The topological polar surface area (TPSA) is 87.9 Å². The van der Waals surface area contributed by atoms with E-state index in [-0.39, 0.29) is 6.03 Å². The van der Waals surface area contributed by atoms with Crippen LogP contribution in [0.1, 0.15) is 23.2 Å². The minimum Gasteiger partial charge on any atom is -0.383 e. The largest absolute Gasteiger partial charge is 0.383 e. The van der Waals surface area contributed by atoms with Gasteiger partial charge in [0.05, 0.1) is 6.61 Å². The first kappa shape index (κ1) is 19.2. The minimum atomic E-state index is -0.511. The first-order chi connectivity index (χ1) is 12.0. The van der Waals surface area contributed by atoms with E-state index in [4.69, 9.17) is 10.5 Å². The SMILES string of the molecule is COCCN1CCC[C@@H](CN(C)C(=O)Nc2cccc(C(N)=O)c2)C1. The van der Waals surface area contributed by atoms with E-state index >= 15 is 0 Å². The predicted molar refractivity (Wildman–Crippen MR) is 97.6 cm³/mol. The molecule has 0 spiro atoms. The van der Waals surface area contributed by atoms with Crippen molar-refractivity contribution in [3.05, 3.63) is 29.8 Å². The summed E-state index contributed by atoms with van der Waals surface area (Å²) in [6, 6.07) is 6.46. The molecule has 1 heterocycles. The lowest BCUT2D eigenvalue weighted by Gasteiger charge is -2.34. The molecular weight excluding hydrogens is 320 g/mol. The monoisotopic (exact) mass is 348 g/mol. The van der Waals surface area contributed by atoms with Crippen molar-refractivity contribution < 1.29 is 14.3 Å². The standard InChI is InChI=1S/C18H28N4O3/c1-21(12-14-5-4-8-22(13-14)9-10-25-2)18(24)20-16-7-3-6-15(11-16)17(19)23/h3,6-7,11,14H,4-5,8-10,12-13H2,1-2H3,(H2,19,23)(H,20,24)/t14-/m0/s1. The van der Waals surface area contributed by atoms with E-state index < -0.39 is 5.91 Å². The highest BCUT2D eigenvalue weighted by atomic mass is 16.5. The molecule has 0 bridgehead atoms. The predicted octanol–water partition coefficient (Wildman–Crippen LogP) is 1.61. The van der Waals surface area contributed by atoms with Crippen LogP contribution in [0, 0.1) is 5.92 Å². The summed E-state index contributed by atoms with van der Waals surface area (Å²) in [5.41, 5.74) is 6.21. The molecule has 1 aromatic rings. The fourth-order valence-electron chi connectivity index (χ4n) is 3.16. The number of methoxy groups -OCH3 is 1. The van der Waals surface area contributed by atoms with Gasteiger partial charge in [0.2, 0.25) is 5.91 Å². The molecule has 2 rings (SSSR count). The Bertz CT molecular complexity index is 593. The number of nitrogens with two attached hydrogens (primary N) is 1. The minimum absolute atomic E-state index is 0.185. The van der Waals surface area contributed by atoms with Gasteiger partial charge in [0.1, 0.15) is 0 Å². The van der Waals surface area contributed by atoms with Gasteiger partial charge in [-0.1, -0.05) is 6.07 Å². The lowest BCUT2D eigenvalue weighted by molar-refractivity contribution is 0.1000. The van der Waals surface area contributed by atoms with Gasteiger partial charge in [0.15, 0.2) is 0 Å². The van der Waals surface area contributed by atoms with Crippen LogP contribution < -0.4 is 11.1 Å². The second-order valence-corrected chi connectivity index (χ2v) is 6.56. The number of nitrogens with one attached hydrogen (secondary N) is 1. The third-order valence-corrected chi connectivity index (χ3v) is 4.49. The third kappa shape index (κ3) is 6.03. The van der Waals surface area contributed by atoms with E-state index in [1.807, 2.05) is 0 Å². The summed E-state index contributed by atoms with van der Waals surface area (Å²) in [6.07, 6.45) is 2.27. The number of rotatable bonds is 7. The van der Waals surface area contributed by atoms with Gasteiger partial charge in [-0.05, 0) is 43.5 Å². The van der Waals surface area contributed by atoms with Crippen molar-refractivity contribution in [2.24, 2.45) is 11.7 Å². The van der Waals surface area contributed by atoms with E-state index in [1.54, 1.807) is 43.3 Å². The van der Waals surface area contributed by atoms with Crippen LogP contribution in [0.2, 0.25) is 0 Å². The summed E-state index contributed by atoms with van der Waals surface area (Å²) >= 11 is 0. The number of carbonyl (C=O) groups is 2. The van der Waals surface area contributed by atoms with E-state index in [2.05, 4.69) is 10.2 Å². The van der Waals surface area contributed by atoms with Crippen LogP contribution in [0.3, 0.4) is 0 Å². The molecule has 0 unspecified atom stereocenters. The quantitative estimate of drug-likeness (QED) is 0.783. The van der Waals surface area contributed by atoms with Crippen LogP contribution in [-0.2, 0) is 4.74 Å². The molecule has 3 N–H and O–H groups in total. The van der Waals surface area contributed by atoms with Crippen molar-refractivity contribution in [3.8, 4) is 0 Å². The maximum absolute atomic E-state index is 12.4. The highest BCUT2D eigenvalue weighted by molar-refractivity contribution is 5.95. The molecule has 25 heavy (non-hydrogen) atoms. The Balaban J connectivity index is 1.85. The zero-order valence-electron chi connectivity index (χ0n) is 15.0. The molecule has 1 fully saturated rings. The Labute approximate surface area is 149 Å². The number of carbonyl (C=O) groups excluding carboxylic acids is 2. The molecular formula is C18H28N4O3. The lowest BCUT2D eigenvalue weighted by Crippen LogP contribution is -2.43. The van der Waals surface area contributed by atoms with Crippen LogP contribution in [0.25, 0.3) is 0 Å². The fraction of sp³-hybridized carbons (Fsp3) is 0.556. The lowest BCUT2D eigenvalue weighted by atomic mass is 9.97. The van der Waals surface area contributed by atoms with Crippen molar-refractivity contribution in [1.82, 2.24) is 9.80 Å². The number of hydrogen-bond acceptors (Lipinski definition) is 4. The van der Waals surface area contributed by atoms with Crippen molar-refractivity contribution >= 4 is 17.6 Å². The Kier molecular flexibility index (Phi) is 7.21. The molecule has 1 atom stereocenters. The maximum Gasteiger partial charge on any atom is 0.321 e. The van der Waals surface area contributed by atoms with Crippen LogP contribution in [0.4, 0.5) is 10.5 Å². The van der Waals surface area contributed by atoms with Crippen LogP contribution >= 0.6 is 0 Å². The van der Waals surface area contributed by atoms with Gasteiger partial charge in [0, 0.05) is 45.0 Å². The molecule has 1 aliphatic heterocycles. The Morgan fingerprint density at radius 3 is 2.96 bits per heavy atom. The second-order valence-electron chi connectivity index (χ2n) is 6.56. The molecule has 0 saturated carbocycles. The van der Waals surface area contributed by atoms with Gasteiger partial charge in [0.25, 0.3) is 0 Å². The van der Waals surface area contributed by atoms with Gasteiger partial charge >= 0.3 is 6.03 Å². The van der Waals surface area contributed by atoms with E-state index in [0.29, 0.717) is 23.7 Å². The molecule has 0 aliphatic carbocycles. The van der Waals surface area contributed by atoms with E-state index in [0.717, 1.165) is 39.1 Å². The number of anilines is 1. The molecule has 1 aromatic carbocycles. The zero-order valence-corrected chi connectivity index (χ0v) is 15.0. The van der Waals surface area contributed by atoms with Crippen molar-refractivity contribution in [3.63, 3.8) is 0 Å². The molecule has 1 aliphatic rings. The number of likely N-dealkylation sites (tertiary alicyclic amines) is 1. The summed E-state index contributed by atoms with van der Waals surface area (Å²) in [7, 11) is 3.51. The average Bonchev–Trinajstić information content (AvgIpc) is 2.60. The highest BCUT2D eigenvalue weighted by Crippen LogP contribution is 2.18. The molecule has 138 valence electrons. The first-order valence-electron chi connectivity index (χ1n) is 8.63. The Morgan fingerprint density at radius 2 is 2.24 bits per heavy atom. The number of ether oxygens (including phenoxy) is 1. The van der Waals surface area contributed by atoms with Crippen LogP contribution in [-0.4, -0.2) is 68.7 Å². The van der Waals surface area contributed by atoms with Crippen molar-refractivity contribution in [2.75, 3.05) is 52.3 Å². The number of urea groups is 1. The molecule has 0 aromatic heterocycles. The van der Waals surface area contributed by atoms with Crippen molar-refractivity contribution in [1.29, 1.82) is 0 Å². The number of primary amides is 1. The first-order valence-corrected chi connectivity index (χ1v) is 8.63. The van der Waals surface area contributed by atoms with Crippen LogP contribution in [0.15, 0.2) is 24.3 Å². The smallest absolute Gasteiger partial charge is 0.321 e. The normalized spacial score (nSPS) is 17.9. The highest BCUT2D eigenvalue weighted by Gasteiger charge is 2.22. The molecule has 0 radical (unpaired) electrons. The maximum atomic E-state index is 12.4. The number of nitrogens with zero attached hydrogens (tertiary/aromatic N) is 2. The molecule has 7 heteroatoms. The molecule has 7 nitrogen and oxygen atoms in total. The number of piperidine rings is 1. The second kappa shape index (κ2) is 9.39. The van der Waals surface area contributed by atoms with Crippen molar-refractivity contribution in [2.45, 2.75) is 12.8 Å². The summed E-state index contributed by atoms with van der Waals surface area (Å²) in [4.78, 5) is 27.7. The summed E-state index contributed by atoms with van der Waals surface area (Å²) < 4.78 is 5.14. The number of amides is 3. The summed E-state index contributed by atoms with van der Waals surface area (Å²) in [5.74, 6) is -0.0545. The number of hydrogen-bond donors (Lipinski definition) is 2. The third-order valence-electron chi connectivity index (χ3n) is 4.49. The number of benzene rings is 1. The summed E-state index contributed by atoms with van der Waals surface area (Å²) in [6.45, 7) is 4.45. The van der Waals surface area contributed by atoms with Gasteiger partial charge in [-0.3, -0.25) is 4.79 Å². The summed E-state index contributed by atoms with van der Waals surface area (Å²) in [5, 5.41) is 2.82. The Morgan fingerprint density at radius 1 is 1.44 bits per heavy atom. The average molecular weight is 348 g/mol. The van der Waals surface area contributed by atoms with Gasteiger partial charge < -0.3 is 25.6 Å². The van der Waals surface area contributed by atoms with Crippen LogP contribution in [0.5, 0.6) is 0 Å². The van der Waals surface area contributed by atoms with E-state index in [1.165, 1.54) is 0 Å². The molecule has 3 amide bonds. The van der Waals surface area contributed by atoms with Gasteiger partial charge in [-0.15, -0.1) is 0 Å².